The van der Waals surface area contributed by atoms with E-state index in [0.717, 1.165) is 10.0 Å². The van der Waals surface area contributed by atoms with E-state index in [-0.39, 0.29) is 5.57 Å². The lowest BCUT2D eigenvalue weighted by atomic mass is 10.1. The topological polar surface area (TPSA) is 62.1 Å². The smallest absolute Gasteiger partial charge is 0.266 e. The van der Waals surface area contributed by atoms with Crippen molar-refractivity contribution in [3.05, 3.63) is 63.1 Å². The molecule has 0 aliphatic heterocycles. The van der Waals surface area contributed by atoms with Crippen LogP contribution in [0, 0.1) is 11.3 Å². The minimum Gasteiger partial charge on any atom is -0.495 e. The fraction of sp³-hybridized carbons (Fsp3) is 0.0588. The lowest BCUT2D eigenvalue weighted by Gasteiger charge is -2.10. The van der Waals surface area contributed by atoms with E-state index < -0.39 is 5.91 Å². The van der Waals surface area contributed by atoms with Gasteiger partial charge >= 0.3 is 0 Å². The minimum absolute atomic E-state index is 0.0230. The molecule has 0 bridgehead atoms. The number of ether oxygens (including phenoxy) is 1. The fourth-order valence-corrected chi connectivity index (χ4v) is 2.47. The molecule has 0 spiro atoms. The minimum atomic E-state index is -0.534. The fourth-order valence-electron chi connectivity index (χ4n) is 1.88. The standard InChI is InChI=1S/C17H12BrClN2O2/c1-23-16-6-5-14(19)9-15(16)21-17(22)12(10-20)7-11-3-2-4-13(18)8-11/h2-9H,1H3,(H,21,22)/b12-7+. The molecular weight excluding hydrogens is 380 g/mol. The first-order valence-electron chi connectivity index (χ1n) is 6.55. The second-order valence-electron chi connectivity index (χ2n) is 4.52. The van der Waals surface area contributed by atoms with Crippen LogP contribution >= 0.6 is 27.5 Å². The van der Waals surface area contributed by atoms with Crippen molar-refractivity contribution < 1.29 is 9.53 Å². The summed E-state index contributed by atoms with van der Waals surface area (Å²) >= 11 is 9.27. The average molecular weight is 392 g/mol. The number of hydrogen-bond donors (Lipinski definition) is 1. The van der Waals surface area contributed by atoms with Crippen molar-refractivity contribution in [1.29, 1.82) is 5.26 Å². The molecule has 4 nitrogen and oxygen atoms in total. The second kappa shape index (κ2) is 7.82. The van der Waals surface area contributed by atoms with Crippen LogP contribution in [0.5, 0.6) is 5.75 Å². The van der Waals surface area contributed by atoms with Crippen LogP contribution < -0.4 is 10.1 Å². The Morgan fingerprint density at radius 2 is 2.13 bits per heavy atom. The zero-order chi connectivity index (χ0) is 16.8. The average Bonchev–Trinajstić information content (AvgIpc) is 2.53. The van der Waals surface area contributed by atoms with Crippen molar-refractivity contribution in [2.24, 2.45) is 0 Å². The Bertz CT molecular complexity index is 812. The third-order valence-electron chi connectivity index (χ3n) is 2.93. The van der Waals surface area contributed by atoms with Crippen molar-refractivity contribution in [3.8, 4) is 11.8 Å². The van der Waals surface area contributed by atoms with Gasteiger partial charge in [0.25, 0.3) is 5.91 Å². The molecule has 0 fully saturated rings. The van der Waals surface area contributed by atoms with Crippen LogP contribution in [0.25, 0.3) is 6.08 Å². The van der Waals surface area contributed by atoms with Gasteiger partial charge in [0.1, 0.15) is 17.4 Å². The van der Waals surface area contributed by atoms with E-state index in [1.807, 2.05) is 24.3 Å². The second-order valence-corrected chi connectivity index (χ2v) is 5.88. The maximum atomic E-state index is 12.3. The van der Waals surface area contributed by atoms with Gasteiger partial charge in [-0.05, 0) is 42.0 Å². The predicted molar refractivity (Wildman–Crippen MR) is 94.4 cm³/mol. The summed E-state index contributed by atoms with van der Waals surface area (Å²) in [7, 11) is 1.49. The molecule has 2 aromatic carbocycles. The highest BCUT2D eigenvalue weighted by atomic mass is 79.9. The molecule has 6 heteroatoms. The number of carbonyl (C=O) groups excluding carboxylic acids is 1. The third-order valence-corrected chi connectivity index (χ3v) is 3.66. The number of carbonyl (C=O) groups is 1. The Morgan fingerprint density at radius 1 is 1.35 bits per heavy atom. The highest BCUT2D eigenvalue weighted by Crippen LogP contribution is 2.28. The predicted octanol–water partition coefficient (Wildman–Crippen LogP) is 4.66. The molecule has 2 aromatic rings. The van der Waals surface area contributed by atoms with Gasteiger partial charge in [0, 0.05) is 9.50 Å². The van der Waals surface area contributed by atoms with Crippen LogP contribution in [0.15, 0.2) is 52.5 Å². The monoisotopic (exact) mass is 390 g/mol. The summed E-state index contributed by atoms with van der Waals surface area (Å²) in [6.45, 7) is 0. The molecule has 0 heterocycles. The highest BCUT2D eigenvalue weighted by molar-refractivity contribution is 9.10. The quantitative estimate of drug-likeness (QED) is 0.609. The molecular formula is C17H12BrClN2O2. The van der Waals surface area contributed by atoms with Crippen molar-refractivity contribution in [2.75, 3.05) is 12.4 Å². The number of nitriles is 1. The van der Waals surface area contributed by atoms with Crippen LogP contribution in [0.4, 0.5) is 5.69 Å². The number of nitrogens with zero attached hydrogens (tertiary/aromatic N) is 1. The maximum Gasteiger partial charge on any atom is 0.266 e. The summed E-state index contributed by atoms with van der Waals surface area (Å²) in [5.41, 5.74) is 1.12. The number of hydrogen-bond acceptors (Lipinski definition) is 3. The van der Waals surface area contributed by atoms with E-state index in [1.54, 1.807) is 24.3 Å². The molecule has 0 saturated heterocycles. The van der Waals surface area contributed by atoms with Crippen LogP contribution in [0.3, 0.4) is 0 Å². The van der Waals surface area contributed by atoms with Crippen LogP contribution in [0.2, 0.25) is 5.02 Å². The van der Waals surface area contributed by atoms with E-state index in [2.05, 4.69) is 21.2 Å². The molecule has 1 N–H and O–H groups in total. The van der Waals surface area contributed by atoms with E-state index in [0.29, 0.717) is 16.5 Å². The van der Waals surface area contributed by atoms with Crippen LogP contribution in [0.1, 0.15) is 5.56 Å². The summed E-state index contributed by atoms with van der Waals surface area (Å²) < 4.78 is 6.03. The van der Waals surface area contributed by atoms with E-state index in [4.69, 9.17) is 16.3 Å². The van der Waals surface area contributed by atoms with Crippen LogP contribution in [-0.2, 0) is 4.79 Å². The Hall–Kier alpha value is -2.29. The summed E-state index contributed by atoms with van der Waals surface area (Å²) in [5, 5.41) is 12.3. The molecule has 0 saturated carbocycles. The van der Waals surface area contributed by atoms with Gasteiger partial charge in [-0.1, -0.05) is 39.7 Å². The van der Waals surface area contributed by atoms with Gasteiger partial charge in [-0.2, -0.15) is 5.26 Å². The van der Waals surface area contributed by atoms with Gasteiger partial charge in [-0.25, -0.2) is 0 Å². The zero-order valence-corrected chi connectivity index (χ0v) is 14.5. The Balaban J connectivity index is 2.28. The molecule has 0 aliphatic carbocycles. The normalized spacial score (nSPS) is 10.8. The number of methoxy groups -OCH3 is 1. The van der Waals surface area contributed by atoms with Gasteiger partial charge in [0.05, 0.1) is 12.8 Å². The Kier molecular flexibility index (Phi) is 5.80. The molecule has 0 atom stereocenters. The van der Waals surface area contributed by atoms with E-state index >= 15 is 0 Å². The summed E-state index contributed by atoms with van der Waals surface area (Å²) in [6.07, 6.45) is 1.51. The van der Waals surface area contributed by atoms with E-state index in [1.165, 1.54) is 13.2 Å². The maximum absolute atomic E-state index is 12.3. The molecule has 2 rings (SSSR count). The summed E-state index contributed by atoms with van der Waals surface area (Å²) in [4.78, 5) is 12.3. The number of amides is 1. The number of halogens is 2. The van der Waals surface area contributed by atoms with Crippen molar-refractivity contribution in [1.82, 2.24) is 0 Å². The first-order valence-corrected chi connectivity index (χ1v) is 7.73. The molecule has 23 heavy (non-hydrogen) atoms. The van der Waals surface area contributed by atoms with Crippen molar-refractivity contribution in [2.45, 2.75) is 0 Å². The van der Waals surface area contributed by atoms with Crippen molar-refractivity contribution >= 4 is 45.2 Å². The molecule has 0 aliphatic rings. The van der Waals surface area contributed by atoms with Gasteiger partial charge in [-0.3, -0.25) is 4.79 Å². The molecule has 0 unspecified atom stereocenters. The highest BCUT2D eigenvalue weighted by Gasteiger charge is 2.13. The molecule has 1 amide bonds. The van der Waals surface area contributed by atoms with Gasteiger partial charge in [0.15, 0.2) is 0 Å². The third kappa shape index (κ3) is 4.59. The Labute approximate surface area is 147 Å². The molecule has 116 valence electrons. The first kappa shape index (κ1) is 17.1. The molecule has 0 radical (unpaired) electrons. The SMILES string of the molecule is COc1ccc(Cl)cc1NC(=O)/C(C#N)=C/c1cccc(Br)c1. The number of benzene rings is 2. The van der Waals surface area contributed by atoms with Gasteiger partial charge in [-0.15, -0.1) is 0 Å². The van der Waals surface area contributed by atoms with Crippen molar-refractivity contribution in [3.63, 3.8) is 0 Å². The number of rotatable bonds is 4. The largest absolute Gasteiger partial charge is 0.495 e. The lowest BCUT2D eigenvalue weighted by molar-refractivity contribution is -0.112. The summed E-state index contributed by atoms with van der Waals surface area (Å²) in [5.74, 6) is -0.0736. The Morgan fingerprint density at radius 3 is 2.78 bits per heavy atom. The van der Waals surface area contributed by atoms with Gasteiger partial charge in [0.2, 0.25) is 0 Å². The van der Waals surface area contributed by atoms with Gasteiger partial charge < -0.3 is 10.1 Å². The number of anilines is 1. The van der Waals surface area contributed by atoms with E-state index in [9.17, 15) is 10.1 Å². The summed E-state index contributed by atoms with van der Waals surface area (Å²) in [6, 6.07) is 14.1. The van der Waals surface area contributed by atoms with Crippen LogP contribution in [-0.4, -0.2) is 13.0 Å². The zero-order valence-electron chi connectivity index (χ0n) is 12.1. The molecule has 0 aromatic heterocycles. The first-order chi connectivity index (χ1) is 11.0. The number of nitrogens with one attached hydrogen (secondary N) is 1. The lowest BCUT2D eigenvalue weighted by Crippen LogP contribution is -2.14.